The van der Waals surface area contributed by atoms with Crippen molar-refractivity contribution in [2.24, 2.45) is 5.92 Å². The maximum absolute atomic E-state index is 12.5. The maximum Gasteiger partial charge on any atom is 0.419 e. The molecular formula is C11H11F3O. The van der Waals surface area contributed by atoms with Gasteiger partial charge in [0.15, 0.2) is 0 Å². The van der Waals surface area contributed by atoms with Crippen LogP contribution in [0.3, 0.4) is 0 Å². The molecule has 1 nitrogen and oxygen atoms in total. The van der Waals surface area contributed by atoms with Crippen molar-refractivity contribution in [2.75, 3.05) is 6.61 Å². The highest BCUT2D eigenvalue weighted by Crippen LogP contribution is 2.37. The first-order chi connectivity index (χ1) is 7.07. The van der Waals surface area contributed by atoms with Crippen LogP contribution in [0.15, 0.2) is 24.3 Å². The van der Waals surface area contributed by atoms with Gasteiger partial charge in [-0.15, -0.1) is 0 Å². The molecule has 1 saturated carbocycles. The van der Waals surface area contributed by atoms with E-state index in [0.29, 0.717) is 12.5 Å². The van der Waals surface area contributed by atoms with Crippen LogP contribution in [0, 0.1) is 5.92 Å². The molecule has 0 N–H and O–H groups in total. The average molecular weight is 216 g/mol. The molecule has 1 aromatic rings. The summed E-state index contributed by atoms with van der Waals surface area (Å²) in [6.07, 6.45) is -2.21. The van der Waals surface area contributed by atoms with Crippen LogP contribution in [-0.2, 0) is 6.18 Å². The average Bonchev–Trinajstić information content (AvgIpc) is 2.97. The van der Waals surface area contributed by atoms with Crippen LogP contribution in [0.25, 0.3) is 0 Å². The SMILES string of the molecule is FC(F)(F)c1ccccc1OCC1CC1. The number of alkyl halides is 3. The topological polar surface area (TPSA) is 9.23 Å². The third-order valence-electron chi connectivity index (χ3n) is 2.36. The highest BCUT2D eigenvalue weighted by Gasteiger charge is 2.34. The predicted octanol–water partition coefficient (Wildman–Crippen LogP) is 3.49. The Morgan fingerprint density at radius 2 is 1.87 bits per heavy atom. The van der Waals surface area contributed by atoms with E-state index in [0.717, 1.165) is 18.9 Å². The van der Waals surface area contributed by atoms with Crippen LogP contribution in [0.4, 0.5) is 13.2 Å². The Morgan fingerprint density at radius 3 is 2.47 bits per heavy atom. The van der Waals surface area contributed by atoms with Crippen molar-refractivity contribution in [1.29, 1.82) is 0 Å². The van der Waals surface area contributed by atoms with Crippen LogP contribution in [0.2, 0.25) is 0 Å². The summed E-state index contributed by atoms with van der Waals surface area (Å²) in [5, 5.41) is 0. The maximum atomic E-state index is 12.5. The van der Waals surface area contributed by atoms with Crippen molar-refractivity contribution >= 4 is 0 Å². The standard InChI is InChI=1S/C11H11F3O/c12-11(13,14)9-3-1-2-4-10(9)15-7-8-5-6-8/h1-4,8H,5-7H2. The number of halogens is 3. The van der Waals surface area contributed by atoms with Crippen LogP contribution < -0.4 is 4.74 Å². The summed E-state index contributed by atoms with van der Waals surface area (Å²) in [6, 6.07) is 5.33. The number of hydrogen-bond donors (Lipinski definition) is 0. The minimum Gasteiger partial charge on any atom is -0.493 e. The first-order valence-electron chi connectivity index (χ1n) is 4.86. The van der Waals surface area contributed by atoms with Crippen molar-refractivity contribution in [2.45, 2.75) is 19.0 Å². The zero-order valence-corrected chi connectivity index (χ0v) is 8.05. The molecule has 0 spiro atoms. The van der Waals surface area contributed by atoms with Crippen molar-refractivity contribution in [3.05, 3.63) is 29.8 Å². The van der Waals surface area contributed by atoms with Gasteiger partial charge in [0.2, 0.25) is 0 Å². The summed E-state index contributed by atoms with van der Waals surface area (Å²) in [5.74, 6) is 0.392. The van der Waals surface area contributed by atoms with Gasteiger partial charge in [-0.05, 0) is 30.9 Å². The first-order valence-corrected chi connectivity index (χ1v) is 4.86. The summed E-state index contributed by atoms with van der Waals surface area (Å²) >= 11 is 0. The van der Waals surface area contributed by atoms with Gasteiger partial charge in [0.25, 0.3) is 0 Å². The number of rotatable bonds is 3. The molecule has 4 heteroatoms. The lowest BCUT2D eigenvalue weighted by Gasteiger charge is -2.13. The molecular weight excluding hydrogens is 205 g/mol. The molecule has 82 valence electrons. The van der Waals surface area contributed by atoms with E-state index < -0.39 is 11.7 Å². The molecule has 0 amide bonds. The fraction of sp³-hybridized carbons (Fsp3) is 0.455. The predicted molar refractivity (Wildman–Crippen MR) is 49.7 cm³/mol. The molecule has 1 aliphatic carbocycles. The molecule has 15 heavy (non-hydrogen) atoms. The van der Waals surface area contributed by atoms with E-state index in [-0.39, 0.29) is 5.75 Å². The van der Waals surface area contributed by atoms with E-state index >= 15 is 0 Å². The lowest BCUT2D eigenvalue weighted by atomic mass is 10.2. The normalized spacial score (nSPS) is 16.5. The zero-order valence-electron chi connectivity index (χ0n) is 8.05. The summed E-state index contributed by atoms with van der Waals surface area (Å²) in [4.78, 5) is 0. The van der Waals surface area contributed by atoms with Gasteiger partial charge in [-0.2, -0.15) is 13.2 Å². The number of ether oxygens (including phenoxy) is 1. The highest BCUT2D eigenvalue weighted by atomic mass is 19.4. The minimum absolute atomic E-state index is 0.0584. The van der Waals surface area contributed by atoms with Gasteiger partial charge in [-0.3, -0.25) is 0 Å². The fourth-order valence-corrected chi connectivity index (χ4v) is 1.32. The molecule has 0 saturated heterocycles. The molecule has 0 bridgehead atoms. The molecule has 0 unspecified atom stereocenters. The van der Waals surface area contributed by atoms with E-state index in [2.05, 4.69) is 0 Å². The minimum atomic E-state index is -4.33. The molecule has 0 radical (unpaired) electrons. The number of benzene rings is 1. The first kappa shape index (κ1) is 10.3. The second kappa shape index (κ2) is 3.76. The van der Waals surface area contributed by atoms with E-state index in [1.54, 1.807) is 6.07 Å². The smallest absolute Gasteiger partial charge is 0.419 e. The third-order valence-corrected chi connectivity index (χ3v) is 2.36. The molecule has 2 rings (SSSR count). The lowest BCUT2D eigenvalue weighted by molar-refractivity contribution is -0.139. The lowest BCUT2D eigenvalue weighted by Crippen LogP contribution is -2.09. The highest BCUT2D eigenvalue weighted by molar-refractivity contribution is 5.35. The molecule has 1 aromatic carbocycles. The van der Waals surface area contributed by atoms with Crippen molar-refractivity contribution < 1.29 is 17.9 Å². The van der Waals surface area contributed by atoms with E-state index in [9.17, 15) is 13.2 Å². The summed E-state index contributed by atoms with van der Waals surface area (Å²) in [5.41, 5.74) is -0.689. The second-order valence-electron chi connectivity index (χ2n) is 3.75. The van der Waals surface area contributed by atoms with Crippen LogP contribution in [0.1, 0.15) is 18.4 Å². The van der Waals surface area contributed by atoms with Gasteiger partial charge in [-0.1, -0.05) is 12.1 Å². The second-order valence-corrected chi connectivity index (χ2v) is 3.75. The third kappa shape index (κ3) is 2.64. The molecule has 0 aliphatic heterocycles. The summed E-state index contributed by atoms with van der Waals surface area (Å²) in [6.45, 7) is 0.396. The van der Waals surface area contributed by atoms with Crippen LogP contribution in [-0.4, -0.2) is 6.61 Å². The molecule has 0 aromatic heterocycles. The molecule has 0 heterocycles. The number of hydrogen-bond acceptors (Lipinski definition) is 1. The van der Waals surface area contributed by atoms with Gasteiger partial charge >= 0.3 is 6.18 Å². The Bertz CT molecular complexity index is 342. The van der Waals surface area contributed by atoms with Crippen molar-refractivity contribution in [1.82, 2.24) is 0 Å². The Morgan fingerprint density at radius 1 is 1.20 bits per heavy atom. The van der Waals surface area contributed by atoms with Crippen molar-refractivity contribution in [3.63, 3.8) is 0 Å². The van der Waals surface area contributed by atoms with Crippen LogP contribution in [0.5, 0.6) is 5.75 Å². The Kier molecular flexibility index (Phi) is 2.59. The van der Waals surface area contributed by atoms with Crippen LogP contribution >= 0.6 is 0 Å². The number of para-hydroxylation sites is 1. The molecule has 1 fully saturated rings. The van der Waals surface area contributed by atoms with Gasteiger partial charge in [-0.25, -0.2) is 0 Å². The van der Waals surface area contributed by atoms with Gasteiger partial charge in [0.05, 0.1) is 12.2 Å². The van der Waals surface area contributed by atoms with E-state index in [1.165, 1.54) is 12.1 Å². The summed E-state index contributed by atoms with van der Waals surface area (Å²) < 4.78 is 42.7. The monoisotopic (exact) mass is 216 g/mol. The van der Waals surface area contributed by atoms with E-state index in [4.69, 9.17) is 4.74 Å². The Balaban J connectivity index is 2.13. The Hall–Kier alpha value is -1.19. The Labute approximate surface area is 85.9 Å². The largest absolute Gasteiger partial charge is 0.493 e. The van der Waals surface area contributed by atoms with Gasteiger partial charge < -0.3 is 4.74 Å². The molecule has 0 atom stereocenters. The summed E-state index contributed by atoms with van der Waals surface area (Å²) in [7, 11) is 0. The zero-order chi connectivity index (χ0) is 10.9. The molecule has 1 aliphatic rings. The van der Waals surface area contributed by atoms with Gasteiger partial charge in [0, 0.05) is 0 Å². The van der Waals surface area contributed by atoms with Gasteiger partial charge in [0.1, 0.15) is 5.75 Å². The van der Waals surface area contributed by atoms with E-state index in [1.807, 2.05) is 0 Å². The quantitative estimate of drug-likeness (QED) is 0.751. The van der Waals surface area contributed by atoms with Crippen molar-refractivity contribution in [3.8, 4) is 5.75 Å². The fourth-order valence-electron chi connectivity index (χ4n) is 1.32.